The van der Waals surface area contributed by atoms with Crippen LogP contribution in [0.4, 0.5) is 0 Å². The second kappa shape index (κ2) is 18.3. The van der Waals surface area contributed by atoms with Crippen molar-refractivity contribution >= 4 is 12.4 Å². The molecule has 0 aromatic heterocycles. The standard InChI is InChI=1S/C6H11N.C5H11N.ClH/c1-3-5-7-6-4-2;1-4-5-6(2)3;/h3-4,7H,1-2,5-6H2;4H,1,5H2,2-3H3;1H. The lowest BCUT2D eigenvalue weighted by Crippen LogP contribution is -2.11. The van der Waals surface area contributed by atoms with Crippen LogP contribution in [0.15, 0.2) is 38.0 Å². The maximum atomic E-state index is 3.56. The Kier molecular flexibility index (Phi) is 24.9. The molecular weight excluding hydrogens is 196 g/mol. The zero-order valence-corrected chi connectivity index (χ0v) is 10.1. The van der Waals surface area contributed by atoms with Crippen molar-refractivity contribution in [1.29, 1.82) is 0 Å². The fraction of sp³-hybridized carbons (Fsp3) is 0.455. The van der Waals surface area contributed by atoms with Crippen LogP contribution in [0.5, 0.6) is 0 Å². The Balaban J connectivity index is -0.000000163. The molecule has 0 amide bonds. The highest BCUT2D eigenvalue weighted by Crippen LogP contribution is 1.69. The minimum atomic E-state index is 0. The van der Waals surface area contributed by atoms with Gasteiger partial charge in [0.1, 0.15) is 0 Å². The summed E-state index contributed by atoms with van der Waals surface area (Å²) >= 11 is 0. The van der Waals surface area contributed by atoms with Gasteiger partial charge in [0.05, 0.1) is 0 Å². The van der Waals surface area contributed by atoms with E-state index in [0.717, 1.165) is 19.6 Å². The molecule has 84 valence electrons. The van der Waals surface area contributed by atoms with E-state index in [1.165, 1.54) is 0 Å². The number of halogens is 1. The first-order chi connectivity index (χ1) is 6.18. The molecule has 1 N–H and O–H groups in total. The first-order valence-corrected chi connectivity index (χ1v) is 4.37. The number of hydrogen-bond donors (Lipinski definition) is 1. The third kappa shape index (κ3) is 30.1. The van der Waals surface area contributed by atoms with Gasteiger partial charge in [-0.15, -0.1) is 32.1 Å². The van der Waals surface area contributed by atoms with Crippen LogP contribution in [-0.2, 0) is 0 Å². The fourth-order valence-corrected chi connectivity index (χ4v) is 0.546. The number of rotatable bonds is 6. The summed E-state index contributed by atoms with van der Waals surface area (Å²) in [6.07, 6.45) is 5.52. The van der Waals surface area contributed by atoms with E-state index in [-0.39, 0.29) is 12.4 Å². The summed E-state index contributed by atoms with van der Waals surface area (Å²) in [5, 5.41) is 3.05. The average molecular weight is 219 g/mol. The Morgan fingerprint density at radius 2 is 1.43 bits per heavy atom. The molecule has 0 atom stereocenters. The van der Waals surface area contributed by atoms with Crippen LogP contribution >= 0.6 is 12.4 Å². The number of nitrogens with zero attached hydrogens (tertiary/aromatic N) is 1. The van der Waals surface area contributed by atoms with Crippen LogP contribution in [-0.4, -0.2) is 38.6 Å². The van der Waals surface area contributed by atoms with Crippen molar-refractivity contribution in [1.82, 2.24) is 10.2 Å². The molecule has 0 bridgehead atoms. The molecule has 0 saturated carbocycles. The Bertz CT molecular complexity index is 125. The SMILES string of the molecule is C=CCN(C)C.C=CCNCC=C.Cl. The molecule has 0 saturated heterocycles. The zero-order valence-electron chi connectivity index (χ0n) is 9.33. The summed E-state index contributed by atoms with van der Waals surface area (Å²) in [5.74, 6) is 0. The van der Waals surface area contributed by atoms with Crippen LogP contribution in [0.25, 0.3) is 0 Å². The van der Waals surface area contributed by atoms with Gasteiger partial charge in [0.15, 0.2) is 0 Å². The summed E-state index contributed by atoms with van der Waals surface area (Å²) < 4.78 is 0. The van der Waals surface area contributed by atoms with E-state index >= 15 is 0 Å². The minimum Gasteiger partial charge on any atom is -0.310 e. The number of hydrogen-bond acceptors (Lipinski definition) is 2. The van der Waals surface area contributed by atoms with Crippen molar-refractivity contribution < 1.29 is 0 Å². The van der Waals surface area contributed by atoms with Crippen molar-refractivity contribution in [3.8, 4) is 0 Å². The van der Waals surface area contributed by atoms with Crippen LogP contribution in [0, 0.1) is 0 Å². The molecule has 2 nitrogen and oxygen atoms in total. The van der Waals surface area contributed by atoms with Crippen LogP contribution in [0.3, 0.4) is 0 Å². The highest BCUT2D eigenvalue weighted by atomic mass is 35.5. The van der Waals surface area contributed by atoms with Gasteiger partial charge in [-0.2, -0.15) is 0 Å². The van der Waals surface area contributed by atoms with Crippen molar-refractivity contribution in [3.63, 3.8) is 0 Å². The zero-order chi connectivity index (χ0) is 10.5. The molecule has 0 rings (SSSR count). The predicted octanol–water partition coefficient (Wildman–Crippen LogP) is 2.10. The van der Waals surface area contributed by atoms with E-state index in [4.69, 9.17) is 0 Å². The van der Waals surface area contributed by atoms with Gasteiger partial charge in [-0.25, -0.2) is 0 Å². The van der Waals surface area contributed by atoms with Crippen molar-refractivity contribution in [2.75, 3.05) is 33.7 Å². The molecule has 0 aliphatic rings. The highest BCUT2D eigenvalue weighted by molar-refractivity contribution is 5.85. The average Bonchev–Trinajstić information content (AvgIpc) is 2.06. The molecule has 0 unspecified atom stereocenters. The molecule has 0 aliphatic carbocycles. The van der Waals surface area contributed by atoms with Crippen LogP contribution in [0.2, 0.25) is 0 Å². The van der Waals surface area contributed by atoms with E-state index < -0.39 is 0 Å². The molecule has 0 heterocycles. The summed E-state index contributed by atoms with van der Waals surface area (Å²) in [6.45, 7) is 13.3. The normalized spacial score (nSPS) is 7.93. The molecule has 0 aromatic rings. The fourth-order valence-electron chi connectivity index (χ4n) is 0.546. The Morgan fingerprint density at radius 1 is 1.00 bits per heavy atom. The summed E-state index contributed by atoms with van der Waals surface area (Å²) in [7, 11) is 4.03. The minimum absolute atomic E-state index is 0. The van der Waals surface area contributed by atoms with Crippen LogP contribution in [0.1, 0.15) is 0 Å². The van der Waals surface area contributed by atoms with Gasteiger partial charge in [0.25, 0.3) is 0 Å². The Morgan fingerprint density at radius 3 is 1.57 bits per heavy atom. The second-order valence-corrected chi connectivity index (χ2v) is 2.79. The molecule has 0 aliphatic heterocycles. The molecule has 0 aromatic carbocycles. The molecule has 3 heteroatoms. The number of nitrogens with one attached hydrogen (secondary N) is 1. The van der Waals surface area contributed by atoms with Gasteiger partial charge in [-0.3, -0.25) is 0 Å². The van der Waals surface area contributed by atoms with E-state index in [1.54, 1.807) is 0 Å². The Hall–Kier alpha value is -0.570. The van der Waals surface area contributed by atoms with Gasteiger partial charge in [0, 0.05) is 19.6 Å². The lowest BCUT2D eigenvalue weighted by Gasteiger charge is -2.01. The third-order valence-corrected chi connectivity index (χ3v) is 1.07. The maximum Gasteiger partial charge on any atom is 0.0154 e. The van der Waals surface area contributed by atoms with E-state index in [0.29, 0.717) is 0 Å². The van der Waals surface area contributed by atoms with Gasteiger partial charge in [-0.05, 0) is 14.1 Å². The van der Waals surface area contributed by atoms with Gasteiger partial charge < -0.3 is 10.2 Å². The molecule has 0 spiro atoms. The third-order valence-electron chi connectivity index (χ3n) is 1.07. The molecular formula is C11H23ClN2. The predicted molar refractivity (Wildman–Crippen MR) is 69.3 cm³/mol. The summed E-state index contributed by atoms with van der Waals surface area (Å²) in [5.41, 5.74) is 0. The lowest BCUT2D eigenvalue weighted by atomic mass is 10.5. The summed E-state index contributed by atoms with van der Waals surface area (Å²) in [4.78, 5) is 2.06. The van der Waals surface area contributed by atoms with Crippen molar-refractivity contribution in [2.45, 2.75) is 0 Å². The number of likely N-dealkylation sites (N-methyl/N-ethyl adjacent to an activating group) is 1. The highest BCUT2D eigenvalue weighted by Gasteiger charge is 1.75. The van der Waals surface area contributed by atoms with Gasteiger partial charge >= 0.3 is 0 Å². The van der Waals surface area contributed by atoms with E-state index in [2.05, 4.69) is 30.0 Å². The van der Waals surface area contributed by atoms with Gasteiger partial charge in [-0.1, -0.05) is 18.2 Å². The lowest BCUT2D eigenvalue weighted by molar-refractivity contribution is 0.457. The van der Waals surface area contributed by atoms with E-state index in [1.807, 2.05) is 32.3 Å². The quantitative estimate of drug-likeness (QED) is 0.543. The van der Waals surface area contributed by atoms with E-state index in [9.17, 15) is 0 Å². The molecule has 0 fully saturated rings. The van der Waals surface area contributed by atoms with Gasteiger partial charge in [0.2, 0.25) is 0 Å². The second-order valence-electron chi connectivity index (χ2n) is 2.79. The van der Waals surface area contributed by atoms with Crippen LogP contribution < -0.4 is 5.32 Å². The smallest absolute Gasteiger partial charge is 0.0154 e. The largest absolute Gasteiger partial charge is 0.310 e. The first-order valence-electron chi connectivity index (χ1n) is 4.37. The molecule has 0 radical (unpaired) electrons. The Labute approximate surface area is 94.8 Å². The maximum absolute atomic E-state index is 3.56. The van der Waals surface area contributed by atoms with Crippen molar-refractivity contribution in [3.05, 3.63) is 38.0 Å². The molecule has 14 heavy (non-hydrogen) atoms. The topological polar surface area (TPSA) is 15.3 Å². The summed E-state index contributed by atoms with van der Waals surface area (Å²) in [6, 6.07) is 0. The first kappa shape index (κ1) is 19.1. The van der Waals surface area contributed by atoms with Crippen molar-refractivity contribution in [2.24, 2.45) is 0 Å². The monoisotopic (exact) mass is 218 g/mol.